The summed E-state index contributed by atoms with van der Waals surface area (Å²) in [5.41, 5.74) is 1.81. The molecule has 2 aromatic rings. The fraction of sp³-hybridized carbons (Fsp3) is 0.0769. The lowest BCUT2D eigenvalue weighted by molar-refractivity contribution is -0.384. The summed E-state index contributed by atoms with van der Waals surface area (Å²) in [6, 6.07) is 8.48. The van der Waals surface area contributed by atoms with Crippen LogP contribution in [0.1, 0.15) is 11.1 Å². The highest BCUT2D eigenvalue weighted by Gasteiger charge is 2.16. The van der Waals surface area contributed by atoms with Crippen LogP contribution in [0.2, 0.25) is 0 Å². The number of nitrogens with zero attached hydrogens (tertiary/aromatic N) is 3. The molecular weight excluding hydrogens is 324 g/mol. The highest BCUT2D eigenvalue weighted by molar-refractivity contribution is 9.10. The fourth-order valence-corrected chi connectivity index (χ4v) is 1.94. The van der Waals surface area contributed by atoms with E-state index in [0.29, 0.717) is 15.7 Å². The van der Waals surface area contributed by atoms with Crippen molar-refractivity contribution in [2.75, 3.05) is 5.32 Å². The maximum atomic E-state index is 11.0. The molecule has 1 heterocycles. The number of hydrogen-bond acceptors (Lipinski definition) is 5. The number of benzene rings is 1. The van der Waals surface area contributed by atoms with E-state index in [4.69, 9.17) is 5.26 Å². The van der Waals surface area contributed by atoms with Crippen molar-refractivity contribution in [3.63, 3.8) is 0 Å². The van der Waals surface area contributed by atoms with E-state index in [1.807, 2.05) is 13.0 Å². The van der Waals surface area contributed by atoms with Gasteiger partial charge in [-0.2, -0.15) is 5.26 Å². The molecule has 20 heavy (non-hydrogen) atoms. The molecule has 100 valence electrons. The van der Waals surface area contributed by atoms with Gasteiger partial charge >= 0.3 is 5.69 Å². The van der Waals surface area contributed by atoms with E-state index in [1.54, 1.807) is 18.2 Å². The number of aromatic nitrogens is 1. The van der Waals surface area contributed by atoms with Crippen molar-refractivity contribution in [3.8, 4) is 6.07 Å². The average Bonchev–Trinajstić information content (AvgIpc) is 2.42. The molecule has 6 nitrogen and oxygen atoms in total. The Labute approximate surface area is 123 Å². The van der Waals surface area contributed by atoms with Gasteiger partial charge in [0, 0.05) is 22.4 Å². The van der Waals surface area contributed by atoms with Gasteiger partial charge in [0.05, 0.1) is 16.6 Å². The molecule has 1 aromatic heterocycles. The lowest BCUT2D eigenvalue weighted by atomic mass is 10.1. The lowest BCUT2D eigenvalue weighted by Crippen LogP contribution is -2.01. The molecule has 0 atom stereocenters. The zero-order valence-corrected chi connectivity index (χ0v) is 12.0. The Balaban J connectivity index is 2.45. The molecule has 0 bridgehead atoms. The molecule has 0 amide bonds. The molecule has 0 aliphatic rings. The van der Waals surface area contributed by atoms with Crippen LogP contribution in [0.25, 0.3) is 0 Å². The first-order chi connectivity index (χ1) is 9.51. The minimum absolute atomic E-state index is 0.136. The monoisotopic (exact) mass is 332 g/mol. The van der Waals surface area contributed by atoms with Gasteiger partial charge in [-0.25, -0.2) is 4.98 Å². The van der Waals surface area contributed by atoms with Gasteiger partial charge in [-0.15, -0.1) is 0 Å². The van der Waals surface area contributed by atoms with Crippen LogP contribution in [0.15, 0.2) is 34.9 Å². The maximum Gasteiger partial charge on any atom is 0.312 e. The lowest BCUT2D eigenvalue weighted by Gasteiger charge is -2.09. The maximum absolute atomic E-state index is 11.0. The summed E-state index contributed by atoms with van der Waals surface area (Å²) in [7, 11) is 0. The summed E-state index contributed by atoms with van der Waals surface area (Å²) < 4.78 is 0.525. The van der Waals surface area contributed by atoms with E-state index >= 15 is 0 Å². The van der Waals surface area contributed by atoms with Crippen LogP contribution < -0.4 is 5.32 Å². The second-order valence-corrected chi connectivity index (χ2v) is 4.96. The largest absolute Gasteiger partial charge is 0.334 e. The third-order valence-corrected chi connectivity index (χ3v) is 3.08. The molecule has 0 saturated carbocycles. The summed E-state index contributed by atoms with van der Waals surface area (Å²) in [6.45, 7) is 1.84. The molecule has 7 heteroatoms. The van der Waals surface area contributed by atoms with E-state index in [2.05, 4.69) is 26.2 Å². The predicted molar refractivity (Wildman–Crippen MR) is 77.8 cm³/mol. The van der Waals surface area contributed by atoms with Crippen LogP contribution in [0.4, 0.5) is 17.2 Å². The molecule has 0 spiro atoms. The number of halogens is 1. The molecule has 0 fully saturated rings. The van der Waals surface area contributed by atoms with Gasteiger partial charge in [-0.3, -0.25) is 10.1 Å². The number of anilines is 2. The Kier molecular flexibility index (Phi) is 3.96. The van der Waals surface area contributed by atoms with Crippen molar-refractivity contribution in [1.29, 1.82) is 5.26 Å². The van der Waals surface area contributed by atoms with E-state index in [0.717, 1.165) is 5.56 Å². The third-order valence-electron chi connectivity index (χ3n) is 2.65. The minimum atomic E-state index is -0.510. The molecule has 0 aliphatic carbocycles. The predicted octanol–water partition coefficient (Wildman–Crippen LogP) is 3.68. The average molecular weight is 333 g/mol. The van der Waals surface area contributed by atoms with Crippen LogP contribution in [-0.2, 0) is 0 Å². The number of rotatable bonds is 3. The third kappa shape index (κ3) is 2.92. The van der Waals surface area contributed by atoms with Crippen molar-refractivity contribution >= 4 is 33.1 Å². The summed E-state index contributed by atoms with van der Waals surface area (Å²) in [5, 5.41) is 22.8. The van der Waals surface area contributed by atoms with Crippen LogP contribution in [-0.4, -0.2) is 9.91 Å². The smallest absolute Gasteiger partial charge is 0.312 e. The highest BCUT2D eigenvalue weighted by Crippen LogP contribution is 2.29. The molecule has 2 rings (SSSR count). The van der Waals surface area contributed by atoms with Crippen molar-refractivity contribution in [2.45, 2.75) is 6.92 Å². The number of hydrogen-bond donors (Lipinski definition) is 1. The first-order valence-electron chi connectivity index (χ1n) is 5.59. The molecule has 0 saturated heterocycles. The first kappa shape index (κ1) is 14.0. The van der Waals surface area contributed by atoms with Gasteiger partial charge in [-0.05, 0) is 40.5 Å². The topological polar surface area (TPSA) is 91.8 Å². The number of nitrogens with one attached hydrogen (secondary N) is 1. The Morgan fingerprint density at radius 3 is 2.85 bits per heavy atom. The molecule has 1 aromatic carbocycles. The summed E-state index contributed by atoms with van der Waals surface area (Å²) in [6.07, 6.45) is 1.47. The van der Waals surface area contributed by atoms with Crippen LogP contribution in [0.3, 0.4) is 0 Å². The summed E-state index contributed by atoms with van der Waals surface area (Å²) >= 11 is 3.15. The van der Waals surface area contributed by atoms with Gasteiger partial charge in [0.15, 0.2) is 0 Å². The van der Waals surface area contributed by atoms with Crippen LogP contribution in [0.5, 0.6) is 0 Å². The molecular formula is C13H9BrN4O2. The van der Waals surface area contributed by atoms with Crippen molar-refractivity contribution in [3.05, 3.63) is 56.2 Å². The van der Waals surface area contributed by atoms with E-state index in [-0.39, 0.29) is 11.5 Å². The molecule has 1 N–H and O–H groups in total. The zero-order chi connectivity index (χ0) is 14.7. The van der Waals surface area contributed by atoms with E-state index in [1.165, 1.54) is 12.3 Å². The Morgan fingerprint density at radius 1 is 1.45 bits per heavy atom. The molecule has 0 aliphatic heterocycles. The second kappa shape index (κ2) is 5.67. The highest BCUT2D eigenvalue weighted by atomic mass is 79.9. The second-order valence-electron chi connectivity index (χ2n) is 4.04. The van der Waals surface area contributed by atoms with Gasteiger partial charge in [0.25, 0.3) is 0 Å². The number of aryl methyl sites for hydroxylation is 1. The summed E-state index contributed by atoms with van der Waals surface area (Å²) in [4.78, 5) is 14.5. The van der Waals surface area contributed by atoms with Crippen LogP contribution in [0, 0.1) is 28.4 Å². The van der Waals surface area contributed by atoms with Crippen molar-refractivity contribution in [2.24, 2.45) is 0 Å². The van der Waals surface area contributed by atoms with E-state index in [9.17, 15) is 10.1 Å². The number of pyridine rings is 1. The standard InChI is InChI=1S/C13H9BrN4O2/c1-8-2-3-9(6-15)4-11(8)17-13-12(18(19)20)5-10(14)7-16-13/h2-5,7H,1H3,(H,16,17). The number of nitriles is 1. The first-order valence-corrected chi connectivity index (χ1v) is 6.38. The number of nitro groups is 1. The Hall–Kier alpha value is -2.46. The van der Waals surface area contributed by atoms with Crippen LogP contribution >= 0.6 is 15.9 Å². The van der Waals surface area contributed by atoms with Gasteiger partial charge in [-0.1, -0.05) is 6.07 Å². The quantitative estimate of drug-likeness (QED) is 0.683. The molecule has 0 radical (unpaired) electrons. The zero-order valence-electron chi connectivity index (χ0n) is 10.4. The van der Waals surface area contributed by atoms with E-state index < -0.39 is 4.92 Å². The molecule has 0 unspecified atom stereocenters. The Morgan fingerprint density at radius 2 is 2.20 bits per heavy atom. The SMILES string of the molecule is Cc1ccc(C#N)cc1Nc1ncc(Br)cc1[N+](=O)[O-]. The summed E-state index contributed by atoms with van der Waals surface area (Å²) in [5.74, 6) is 0.136. The van der Waals surface area contributed by atoms with Gasteiger partial charge in [0.2, 0.25) is 5.82 Å². The minimum Gasteiger partial charge on any atom is -0.334 e. The fourth-order valence-electron chi connectivity index (χ4n) is 1.62. The van der Waals surface area contributed by atoms with Crippen molar-refractivity contribution in [1.82, 2.24) is 4.98 Å². The Bertz CT molecular complexity index is 725. The normalized spacial score (nSPS) is 9.85. The van der Waals surface area contributed by atoms with Gasteiger partial charge in [0.1, 0.15) is 0 Å². The van der Waals surface area contributed by atoms with Gasteiger partial charge < -0.3 is 5.32 Å². The van der Waals surface area contributed by atoms with Crippen molar-refractivity contribution < 1.29 is 4.92 Å².